The maximum Gasteiger partial charge on any atom is 0.252 e. The topological polar surface area (TPSA) is 91.0 Å². The molecule has 1 amide bonds. The number of benzene rings is 1. The molecule has 104 valence electrons. The van der Waals surface area contributed by atoms with E-state index in [0.717, 1.165) is 5.69 Å². The second kappa shape index (κ2) is 5.60. The molecule has 6 nitrogen and oxygen atoms in total. The van der Waals surface area contributed by atoms with Crippen LogP contribution in [-0.2, 0) is 0 Å². The van der Waals surface area contributed by atoms with E-state index in [2.05, 4.69) is 10.5 Å². The Morgan fingerprint density at radius 2 is 1.84 bits per heavy atom. The first-order valence-electron chi connectivity index (χ1n) is 5.86. The smallest absolute Gasteiger partial charge is 0.252 e. The number of nitrogens with two attached hydrogens (primary N) is 1. The fraction of sp³-hybridized carbons (Fsp3) is 0.385. The van der Waals surface area contributed by atoms with Crippen LogP contribution in [0, 0.1) is 0 Å². The second-order valence-corrected chi connectivity index (χ2v) is 5.01. The van der Waals surface area contributed by atoms with Crippen LogP contribution >= 0.6 is 0 Å². The maximum absolute atomic E-state index is 12.0. The van der Waals surface area contributed by atoms with Crippen LogP contribution < -0.4 is 16.0 Å². The first kappa shape index (κ1) is 14.8. The van der Waals surface area contributed by atoms with Gasteiger partial charge in [0.2, 0.25) is 0 Å². The maximum atomic E-state index is 12.0. The quantitative estimate of drug-likeness (QED) is 0.327. The van der Waals surface area contributed by atoms with Crippen LogP contribution in [0.15, 0.2) is 29.4 Å². The summed E-state index contributed by atoms with van der Waals surface area (Å²) in [5.41, 5.74) is 6.13. The number of anilines is 1. The Morgan fingerprint density at radius 1 is 1.32 bits per heavy atom. The summed E-state index contributed by atoms with van der Waals surface area (Å²) in [7, 11) is 3.85. The van der Waals surface area contributed by atoms with E-state index < -0.39 is 5.54 Å². The van der Waals surface area contributed by atoms with Crippen LogP contribution in [0.25, 0.3) is 0 Å². The van der Waals surface area contributed by atoms with Gasteiger partial charge in [0, 0.05) is 25.3 Å². The number of nitrogens with one attached hydrogen (secondary N) is 1. The van der Waals surface area contributed by atoms with Gasteiger partial charge in [-0.05, 0) is 38.1 Å². The molecule has 0 aliphatic heterocycles. The van der Waals surface area contributed by atoms with E-state index in [-0.39, 0.29) is 11.7 Å². The fourth-order valence-corrected chi connectivity index (χ4v) is 1.46. The molecular weight excluding hydrogens is 244 g/mol. The van der Waals surface area contributed by atoms with E-state index >= 15 is 0 Å². The minimum absolute atomic E-state index is 0.0502. The Bertz CT molecular complexity index is 478. The van der Waals surface area contributed by atoms with Gasteiger partial charge in [0.15, 0.2) is 5.84 Å². The third-order valence-electron chi connectivity index (χ3n) is 2.82. The number of carbonyl (C=O) groups is 1. The zero-order valence-electron chi connectivity index (χ0n) is 11.6. The molecule has 0 aliphatic rings. The zero-order chi connectivity index (χ0) is 14.6. The summed E-state index contributed by atoms with van der Waals surface area (Å²) in [5.74, 6) is -0.326. The van der Waals surface area contributed by atoms with Gasteiger partial charge in [0.25, 0.3) is 5.91 Å². The summed E-state index contributed by atoms with van der Waals surface area (Å²) in [6, 6.07) is 7.16. The predicted molar refractivity (Wildman–Crippen MR) is 75.7 cm³/mol. The first-order chi connectivity index (χ1) is 8.77. The molecule has 0 saturated heterocycles. The lowest BCUT2D eigenvalue weighted by molar-refractivity contribution is 0.0931. The summed E-state index contributed by atoms with van der Waals surface area (Å²) in [6.45, 7) is 3.32. The highest BCUT2D eigenvalue weighted by molar-refractivity contribution is 6.00. The largest absolute Gasteiger partial charge is 0.409 e. The third-order valence-corrected chi connectivity index (χ3v) is 2.82. The van der Waals surface area contributed by atoms with Crippen molar-refractivity contribution in [3.8, 4) is 0 Å². The van der Waals surface area contributed by atoms with E-state index in [1.807, 2.05) is 31.1 Å². The van der Waals surface area contributed by atoms with Crippen molar-refractivity contribution < 1.29 is 10.0 Å². The Kier molecular flexibility index (Phi) is 4.37. The lowest BCUT2D eigenvalue weighted by Gasteiger charge is -2.24. The van der Waals surface area contributed by atoms with E-state index in [4.69, 9.17) is 10.9 Å². The number of hydrogen-bond acceptors (Lipinski definition) is 4. The highest BCUT2D eigenvalue weighted by atomic mass is 16.4. The third kappa shape index (κ3) is 3.61. The van der Waals surface area contributed by atoms with Crippen LogP contribution in [0.5, 0.6) is 0 Å². The number of amides is 1. The highest BCUT2D eigenvalue weighted by Gasteiger charge is 2.26. The van der Waals surface area contributed by atoms with Gasteiger partial charge in [0.05, 0.1) is 5.54 Å². The van der Waals surface area contributed by atoms with Gasteiger partial charge >= 0.3 is 0 Å². The van der Waals surface area contributed by atoms with Crippen molar-refractivity contribution in [3.05, 3.63) is 29.8 Å². The zero-order valence-corrected chi connectivity index (χ0v) is 11.6. The summed E-state index contributed by atoms with van der Waals surface area (Å²) < 4.78 is 0. The van der Waals surface area contributed by atoms with Crippen molar-refractivity contribution in [1.29, 1.82) is 0 Å². The standard InChI is InChI=1S/C13H20N4O2/c1-13(2,12(14)16-19)15-11(18)9-5-7-10(8-6-9)17(3)4/h5-8,19H,1-4H3,(H2,14,16)(H,15,18). The Labute approximate surface area is 112 Å². The van der Waals surface area contributed by atoms with Crippen molar-refractivity contribution in [3.63, 3.8) is 0 Å². The molecule has 19 heavy (non-hydrogen) atoms. The highest BCUT2D eigenvalue weighted by Crippen LogP contribution is 2.13. The Hall–Kier alpha value is -2.24. The molecule has 1 aromatic carbocycles. The average molecular weight is 264 g/mol. The monoisotopic (exact) mass is 264 g/mol. The van der Waals surface area contributed by atoms with Gasteiger partial charge in [-0.25, -0.2) is 0 Å². The summed E-state index contributed by atoms with van der Waals surface area (Å²) in [6.07, 6.45) is 0. The van der Waals surface area contributed by atoms with Crippen molar-refractivity contribution >= 4 is 17.4 Å². The molecule has 0 unspecified atom stereocenters. The minimum atomic E-state index is -0.911. The molecule has 0 aliphatic carbocycles. The normalized spacial score (nSPS) is 12.1. The Morgan fingerprint density at radius 3 is 2.26 bits per heavy atom. The Balaban J connectivity index is 2.84. The molecule has 1 aromatic rings. The molecule has 6 heteroatoms. The summed E-state index contributed by atoms with van der Waals surface area (Å²) in [4.78, 5) is 14.0. The van der Waals surface area contributed by atoms with Crippen molar-refractivity contribution in [1.82, 2.24) is 5.32 Å². The van der Waals surface area contributed by atoms with Gasteiger partial charge < -0.3 is 21.2 Å². The van der Waals surface area contributed by atoms with Gasteiger partial charge in [-0.2, -0.15) is 0 Å². The molecule has 4 N–H and O–H groups in total. The van der Waals surface area contributed by atoms with Gasteiger partial charge in [-0.3, -0.25) is 4.79 Å². The number of rotatable bonds is 4. The molecular formula is C13H20N4O2. The van der Waals surface area contributed by atoms with Crippen molar-refractivity contribution in [2.24, 2.45) is 10.9 Å². The van der Waals surface area contributed by atoms with Crippen molar-refractivity contribution in [2.75, 3.05) is 19.0 Å². The number of oxime groups is 1. The SMILES string of the molecule is CN(C)c1ccc(C(=O)NC(C)(C)/C(N)=N/O)cc1. The fourth-order valence-electron chi connectivity index (χ4n) is 1.46. The van der Waals surface area contributed by atoms with Gasteiger partial charge in [0.1, 0.15) is 0 Å². The summed E-state index contributed by atoms with van der Waals surface area (Å²) in [5, 5.41) is 14.3. The number of nitrogens with zero attached hydrogens (tertiary/aromatic N) is 2. The molecule has 0 atom stereocenters. The molecule has 0 aromatic heterocycles. The number of amidine groups is 1. The van der Waals surface area contributed by atoms with Crippen LogP contribution in [0.2, 0.25) is 0 Å². The minimum Gasteiger partial charge on any atom is -0.409 e. The van der Waals surface area contributed by atoms with E-state index in [9.17, 15) is 4.79 Å². The van der Waals surface area contributed by atoms with E-state index in [0.29, 0.717) is 5.56 Å². The van der Waals surface area contributed by atoms with Gasteiger partial charge in [-0.1, -0.05) is 5.16 Å². The molecule has 0 heterocycles. The summed E-state index contributed by atoms with van der Waals surface area (Å²) >= 11 is 0. The molecule has 0 spiro atoms. The van der Waals surface area contributed by atoms with Crippen LogP contribution in [0.1, 0.15) is 24.2 Å². The van der Waals surface area contributed by atoms with Gasteiger partial charge in [-0.15, -0.1) is 0 Å². The predicted octanol–water partition coefficient (Wildman–Crippen LogP) is 1.01. The molecule has 0 fully saturated rings. The second-order valence-electron chi connectivity index (χ2n) is 5.01. The van der Waals surface area contributed by atoms with Crippen molar-refractivity contribution in [2.45, 2.75) is 19.4 Å². The number of hydrogen-bond donors (Lipinski definition) is 3. The average Bonchev–Trinajstić information content (AvgIpc) is 2.37. The van der Waals surface area contributed by atoms with Crippen LogP contribution in [0.4, 0.5) is 5.69 Å². The first-order valence-corrected chi connectivity index (χ1v) is 5.86. The van der Waals surface area contributed by atoms with Crippen LogP contribution in [0.3, 0.4) is 0 Å². The lowest BCUT2D eigenvalue weighted by atomic mass is 10.0. The lowest BCUT2D eigenvalue weighted by Crippen LogP contribution is -2.53. The molecule has 0 bridgehead atoms. The van der Waals surface area contributed by atoms with Crippen LogP contribution in [-0.4, -0.2) is 36.6 Å². The van der Waals surface area contributed by atoms with E-state index in [1.54, 1.807) is 26.0 Å². The molecule has 0 saturated carbocycles. The number of carbonyl (C=O) groups excluding carboxylic acids is 1. The van der Waals surface area contributed by atoms with E-state index in [1.165, 1.54) is 0 Å². The molecule has 0 radical (unpaired) electrons. The molecule has 1 rings (SSSR count).